The Hall–Kier alpha value is -1.60. The van der Waals surface area contributed by atoms with Crippen molar-refractivity contribution in [1.29, 1.82) is 0 Å². The molecule has 1 aromatic carbocycles. The number of thioether (sulfide) groups is 1. The van der Waals surface area contributed by atoms with Gasteiger partial charge in [-0.3, -0.25) is 9.59 Å². The molecule has 1 aliphatic heterocycles. The second-order valence-corrected chi connectivity index (χ2v) is 8.83. The maximum Gasteiger partial charge on any atom is 0.307 e. The third kappa shape index (κ3) is 2.91. The summed E-state index contributed by atoms with van der Waals surface area (Å²) in [5.41, 5.74) is 0.953. The number of para-hydroxylation sites is 1. The lowest BCUT2D eigenvalue weighted by Gasteiger charge is -2.32. The summed E-state index contributed by atoms with van der Waals surface area (Å²) in [5, 5.41) is 9.13. The molecule has 4 rings (SSSR count). The van der Waals surface area contributed by atoms with Crippen LogP contribution in [0, 0.1) is 11.3 Å². The largest absolute Gasteiger partial charge is 0.481 e. The highest BCUT2D eigenvalue weighted by Crippen LogP contribution is 2.59. The van der Waals surface area contributed by atoms with E-state index in [0.717, 1.165) is 33.8 Å². The van der Waals surface area contributed by atoms with Gasteiger partial charge >= 0.3 is 5.97 Å². The van der Waals surface area contributed by atoms with Gasteiger partial charge in [0.1, 0.15) is 0 Å². The lowest BCUT2D eigenvalue weighted by atomic mass is 9.91. The van der Waals surface area contributed by atoms with Crippen LogP contribution in [0.25, 0.3) is 10.2 Å². The van der Waals surface area contributed by atoms with E-state index in [1.165, 1.54) is 11.8 Å². The molecule has 2 heterocycles. The lowest BCUT2D eigenvalue weighted by molar-refractivity contribution is -0.139. The first-order valence-electron chi connectivity index (χ1n) is 8.06. The first-order chi connectivity index (χ1) is 11.6. The number of aromatic nitrogens is 1. The molecular formula is C17H18N2O3S2. The van der Waals surface area contributed by atoms with Crippen molar-refractivity contribution in [3.05, 3.63) is 24.3 Å². The van der Waals surface area contributed by atoms with E-state index in [2.05, 4.69) is 4.98 Å². The quantitative estimate of drug-likeness (QED) is 0.846. The molecule has 1 saturated carbocycles. The summed E-state index contributed by atoms with van der Waals surface area (Å²) in [6, 6.07) is 7.98. The molecule has 1 spiro atoms. The number of rotatable bonds is 4. The van der Waals surface area contributed by atoms with Crippen molar-refractivity contribution in [2.75, 3.05) is 18.8 Å². The molecule has 2 aromatic rings. The number of thiazole rings is 1. The lowest BCUT2D eigenvalue weighted by Crippen LogP contribution is -2.40. The number of carbonyl (C=O) groups excluding carboxylic acids is 1. The second-order valence-electron chi connectivity index (χ2n) is 6.57. The van der Waals surface area contributed by atoms with Gasteiger partial charge in [-0.1, -0.05) is 23.9 Å². The summed E-state index contributed by atoms with van der Waals surface area (Å²) >= 11 is 3.11. The van der Waals surface area contributed by atoms with Crippen LogP contribution in [-0.4, -0.2) is 45.7 Å². The maximum absolute atomic E-state index is 12.4. The van der Waals surface area contributed by atoms with Gasteiger partial charge in [0.25, 0.3) is 0 Å². The highest BCUT2D eigenvalue weighted by Gasteiger charge is 2.59. The molecule has 1 saturated heterocycles. The molecule has 0 bridgehead atoms. The third-order valence-corrected chi connectivity index (χ3v) is 7.36. The van der Waals surface area contributed by atoms with Crippen LogP contribution >= 0.6 is 23.1 Å². The van der Waals surface area contributed by atoms with Gasteiger partial charge in [0, 0.05) is 13.1 Å². The van der Waals surface area contributed by atoms with Crippen LogP contribution < -0.4 is 0 Å². The number of carbonyl (C=O) groups is 2. The fourth-order valence-corrected chi connectivity index (χ4v) is 5.55. The molecule has 5 nitrogen and oxygen atoms in total. The highest BCUT2D eigenvalue weighted by atomic mass is 32.2. The first kappa shape index (κ1) is 15.9. The number of carboxylic acid groups (broad SMARTS) is 1. The van der Waals surface area contributed by atoms with Gasteiger partial charge in [-0.2, -0.15) is 0 Å². The van der Waals surface area contributed by atoms with Gasteiger partial charge in [0.05, 0.1) is 21.9 Å². The van der Waals surface area contributed by atoms with Crippen molar-refractivity contribution >= 4 is 45.2 Å². The summed E-state index contributed by atoms with van der Waals surface area (Å²) in [6.07, 6.45) is 2.42. The molecule has 0 radical (unpaired) electrons. The second kappa shape index (κ2) is 6.04. The van der Waals surface area contributed by atoms with Crippen molar-refractivity contribution in [2.45, 2.75) is 23.6 Å². The summed E-state index contributed by atoms with van der Waals surface area (Å²) in [6.45, 7) is 1.37. The molecule has 2 fully saturated rings. The Morgan fingerprint density at radius 1 is 1.33 bits per heavy atom. The number of aliphatic carboxylic acids is 1. The number of piperidine rings is 1. The fourth-order valence-electron chi connectivity index (χ4n) is 3.58. The van der Waals surface area contributed by atoms with Crippen LogP contribution in [0.2, 0.25) is 0 Å². The van der Waals surface area contributed by atoms with Gasteiger partial charge in [0.2, 0.25) is 5.91 Å². The number of benzene rings is 1. The van der Waals surface area contributed by atoms with E-state index in [9.17, 15) is 9.59 Å². The molecule has 7 heteroatoms. The van der Waals surface area contributed by atoms with E-state index in [1.54, 1.807) is 11.3 Å². The van der Waals surface area contributed by atoms with Crippen molar-refractivity contribution in [2.24, 2.45) is 11.3 Å². The number of fused-ring (bicyclic) bond motifs is 1. The minimum absolute atomic E-state index is 0.0250. The van der Waals surface area contributed by atoms with E-state index in [1.807, 2.05) is 29.2 Å². The average Bonchev–Trinajstić information content (AvgIpc) is 3.12. The van der Waals surface area contributed by atoms with Gasteiger partial charge < -0.3 is 10.0 Å². The SMILES string of the molecule is O=C(O)C1CC12CCN(C(=O)CSc1nc3ccccc3s1)CC2. The van der Waals surface area contributed by atoms with E-state index in [4.69, 9.17) is 5.11 Å². The topological polar surface area (TPSA) is 70.5 Å². The molecule has 1 N–H and O–H groups in total. The monoisotopic (exact) mass is 362 g/mol. The van der Waals surface area contributed by atoms with Crippen molar-refractivity contribution in [1.82, 2.24) is 9.88 Å². The van der Waals surface area contributed by atoms with Crippen LogP contribution in [0.3, 0.4) is 0 Å². The van der Waals surface area contributed by atoms with Crippen LogP contribution in [0.5, 0.6) is 0 Å². The normalized spacial score (nSPS) is 22.0. The molecule has 1 aliphatic carbocycles. The molecule has 1 aromatic heterocycles. The van der Waals surface area contributed by atoms with Crippen LogP contribution in [0.4, 0.5) is 0 Å². The zero-order chi connectivity index (χ0) is 16.7. The Bertz CT molecular complexity index is 763. The van der Waals surface area contributed by atoms with Crippen molar-refractivity contribution in [3.8, 4) is 0 Å². The minimum Gasteiger partial charge on any atom is -0.481 e. The smallest absolute Gasteiger partial charge is 0.307 e. The van der Waals surface area contributed by atoms with Crippen molar-refractivity contribution in [3.63, 3.8) is 0 Å². The zero-order valence-electron chi connectivity index (χ0n) is 13.1. The molecule has 1 atom stereocenters. The van der Waals surface area contributed by atoms with Crippen molar-refractivity contribution < 1.29 is 14.7 Å². The van der Waals surface area contributed by atoms with Crippen LogP contribution in [0.1, 0.15) is 19.3 Å². The summed E-state index contributed by atoms with van der Waals surface area (Å²) in [7, 11) is 0. The summed E-state index contributed by atoms with van der Waals surface area (Å²) in [5.74, 6) is -0.343. The number of nitrogens with zero attached hydrogens (tertiary/aromatic N) is 2. The molecule has 2 aliphatic rings. The minimum atomic E-state index is -0.679. The van der Waals surface area contributed by atoms with E-state index >= 15 is 0 Å². The van der Waals surface area contributed by atoms with Gasteiger partial charge in [-0.05, 0) is 36.8 Å². The highest BCUT2D eigenvalue weighted by molar-refractivity contribution is 8.01. The zero-order valence-corrected chi connectivity index (χ0v) is 14.7. The summed E-state index contributed by atoms with van der Waals surface area (Å²) < 4.78 is 2.06. The molecule has 126 valence electrons. The van der Waals surface area contributed by atoms with E-state index in [0.29, 0.717) is 18.8 Å². The summed E-state index contributed by atoms with van der Waals surface area (Å²) in [4.78, 5) is 29.9. The van der Waals surface area contributed by atoms with Gasteiger partial charge in [-0.25, -0.2) is 4.98 Å². The Morgan fingerprint density at radius 3 is 2.75 bits per heavy atom. The van der Waals surface area contributed by atoms with Gasteiger partial charge in [-0.15, -0.1) is 11.3 Å². The molecule has 1 unspecified atom stereocenters. The number of hydrogen-bond acceptors (Lipinski definition) is 5. The average molecular weight is 362 g/mol. The standard InChI is InChI=1S/C17H18N2O3S2/c20-14(10-23-16-18-12-3-1-2-4-13(12)24-16)19-7-5-17(6-8-19)9-11(17)15(21)22/h1-4,11H,5-10H2,(H,21,22). The number of carboxylic acids is 1. The molecular weight excluding hydrogens is 344 g/mol. The third-order valence-electron chi connectivity index (χ3n) is 5.19. The predicted molar refractivity (Wildman–Crippen MR) is 94.3 cm³/mol. The van der Waals surface area contributed by atoms with Crippen LogP contribution in [0.15, 0.2) is 28.6 Å². The molecule has 1 amide bonds. The van der Waals surface area contributed by atoms with Gasteiger partial charge in [0.15, 0.2) is 4.34 Å². The Kier molecular flexibility index (Phi) is 4.00. The molecule has 24 heavy (non-hydrogen) atoms. The maximum atomic E-state index is 12.4. The Morgan fingerprint density at radius 2 is 2.08 bits per heavy atom. The Labute approximate surface area is 148 Å². The van der Waals surface area contributed by atoms with Crippen LogP contribution in [-0.2, 0) is 9.59 Å². The predicted octanol–water partition coefficient (Wildman–Crippen LogP) is 3.10. The van der Waals surface area contributed by atoms with E-state index < -0.39 is 5.97 Å². The number of amides is 1. The Balaban J connectivity index is 1.30. The number of hydrogen-bond donors (Lipinski definition) is 1. The number of likely N-dealkylation sites (tertiary alicyclic amines) is 1. The fraction of sp³-hybridized carbons (Fsp3) is 0.471. The first-order valence-corrected chi connectivity index (χ1v) is 9.87. The van der Waals surface area contributed by atoms with E-state index in [-0.39, 0.29) is 17.2 Å².